The van der Waals surface area contributed by atoms with Gasteiger partial charge in [-0.25, -0.2) is 0 Å². The van der Waals surface area contributed by atoms with E-state index in [-0.39, 0.29) is 0 Å². The summed E-state index contributed by atoms with van der Waals surface area (Å²) >= 11 is 0. The van der Waals surface area contributed by atoms with E-state index in [1.54, 1.807) is 0 Å². The van der Waals surface area contributed by atoms with Crippen LogP contribution >= 0.6 is 0 Å². The fourth-order valence-electron chi connectivity index (χ4n) is 1.64. The van der Waals surface area contributed by atoms with E-state index in [1.165, 1.54) is 12.8 Å². The SMILES string of the molecule is CCC1CCCN1C(N)=NN. The summed E-state index contributed by atoms with van der Waals surface area (Å²) in [5, 5.41) is 3.49. The molecular weight excluding hydrogens is 140 g/mol. The summed E-state index contributed by atoms with van der Waals surface area (Å²) in [4.78, 5) is 2.08. The van der Waals surface area contributed by atoms with Gasteiger partial charge in [0.2, 0.25) is 5.96 Å². The van der Waals surface area contributed by atoms with Gasteiger partial charge in [-0.2, -0.15) is 0 Å². The lowest BCUT2D eigenvalue weighted by molar-refractivity contribution is 0.374. The quantitative estimate of drug-likeness (QED) is 0.244. The number of likely N-dealkylation sites (tertiary alicyclic amines) is 1. The van der Waals surface area contributed by atoms with E-state index >= 15 is 0 Å². The first-order valence-corrected chi connectivity index (χ1v) is 4.09. The van der Waals surface area contributed by atoms with Crippen LogP contribution in [-0.2, 0) is 0 Å². The van der Waals surface area contributed by atoms with E-state index in [2.05, 4.69) is 16.9 Å². The van der Waals surface area contributed by atoms with Gasteiger partial charge in [0.25, 0.3) is 0 Å². The summed E-state index contributed by atoms with van der Waals surface area (Å²) in [7, 11) is 0. The highest BCUT2D eigenvalue weighted by atomic mass is 15.3. The predicted molar refractivity (Wildman–Crippen MR) is 45.8 cm³/mol. The molecule has 0 aromatic carbocycles. The van der Waals surface area contributed by atoms with E-state index in [0.29, 0.717) is 12.0 Å². The molecular formula is C7H16N4. The van der Waals surface area contributed by atoms with Gasteiger partial charge < -0.3 is 16.5 Å². The Labute approximate surface area is 67.2 Å². The Morgan fingerprint density at radius 2 is 2.45 bits per heavy atom. The summed E-state index contributed by atoms with van der Waals surface area (Å²) < 4.78 is 0. The first-order chi connectivity index (χ1) is 5.29. The largest absolute Gasteiger partial charge is 0.368 e. The lowest BCUT2D eigenvalue weighted by Crippen LogP contribution is -2.41. The van der Waals surface area contributed by atoms with Crippen LogP contribution in [0.5, 0.6) is 0 Å². The van der Waals surface area contributed by atoms with Crippen molar-refractivity contribution in [2.75, 3.05) is 6.54 Å². The van der Waals surface area contributed by atoms with Crippen LogP contribution in [0.2, 0.25) is 0 Å². The normalized spacial score (nSPS) is 26.1. The number of hydrazone groups is 1. The molecule has 0 aliphatic carbocycles. The Kier molecular flexibility index (Phi) is 2.57. The predicted octanol–water partition coefficient (Wildman–Crippen LogP) is 0.0492. The van der Waals surface area contributed by atoms with Crippen molar-refractivity contribution in [3.05, 3.63) is 0 Å². The molecule has 11 heavy (non-hydrogen) atoms. The van der Waals surface area contributed by atoms with Crippen molar-refractivity contribution in [3.8, 4) is 0 Å². The average Bonchev–Trinajstić information content (AvgIpc) is 2.50. The summed E-state index contributed by atoms with van der Waals surface area (Å²) in [6.07, 6.45) is 3.54. The van der Waals surface area contributed by atoms with Crippen LogP contribution in [0, 0.1) is 0 Å². The van der Waals surface area contributed by atoms with Gasteiger partial charge in [0.05, 0.1) is 0 Å². The zero-order chi connectivity index (χ0) is 8.27. The van der Waals surface area contributed by atoms with Crippen molar-refractivity contribution in [2.24, 2.45) is 16.7 Å². The molecule has 1 saturated heterocycles. The Morgan fingerprint density at radius 1 is 1.73 bits per heavy atom. The van der Waals surface area contributed by atoms with Crippen LogP contribution in [0.1, 0.15) is 26.2 Å². The van der Waals surface area contributed by atoms with Crippen LogP contribution in [0.3, 0.4) is 0 Å². The maximum atomic E-state index is 5.60. The highest BCUT2D eigenvalue weighted by molar-refractivity contribution is 5.78. The van der Waals surface area contributed by atoms with E-state index < -0.39 is 0 Å². The smallest absolute Gasteiger partial charge is 0.213 e. The van der Waals surface area contributed by atoms with Gasteiger partial charge in [-0.1, -0.05) is 6.92 Å². The molecule has 1 heterocycles. The number of hydrogen-bond donors (Lipinski definition) is 2. The molecule has 0 radical (unpaired) electrons. The maximum Gasteiger partial charge on any atom is 0.213 e. The van der Waals surface area contributed by atoms with Gasteiger partial charge in [0.1, 0.15) is 0 Å². The fraction of sp³-hybridized carbons (Fsp3) is 0.857. The zero-order valence-electron chi connectivity index (χ0n) is 6.95. The second-order valence-electron chi connectivity index (χ2n) is 2.88. The van der Waals surface area contributed by atoms with E-state index in [9.17, 15) is 0 Å². The molecule has 64 valence electrons. The highest BCUT2D eigenvalue weighted by Gasteiger charge is 2.23. The van der Waals surface area contributed by atoms with Crippen molar-refractivity contribution >= 4 is 5.96 Å². The topological polar surface area (TPSA) is 67.6 Å². The Bertz CT molecular complexity index is 155. The summed E-state index contributed by atoms with van der Waals surface area (Å²) in [5.74, 6) is 5.57. The first-order valence-electron chi connectivity index (χ1n) is 4.09. The fourth-order valence-corrected chi connectivity index (χ4v) is 1.64. The lowest BCUT2D eigenvalue weighted by atomic mass is 10.2. The molecule has 1 atom stereocenters. The van der Waals surface area contributed by atoms with Gasteiger partial charge in [-0.05, 0) is 19.3 Å². The highest BCUT2D eigenvalue weighted by Crippen LogP contribution is 2.18. The van der Waals surface area contributed by atoms with Gasteiger partial charge in [0.15, 0.2) is 0 Å². The van der Waals surface area contributed by atoms with Gasteiger partial charge >= 0.3 is 0 Å². The molecule has 1 aliphatic heterocycles. The third-order valence-electron chi connectivity index (χ3n) is 2.27. The van der Waals surface area contributed by atoms with Crippen LogP contribution < -0.4 is 11.6 Å². The molecule has 0 saturated carbocycles. The van der Waals surface area contributed by atoms with Gasteiger partial charge in [-0.3, -0.25) is 0 Å². The minimum atomic E-state index is 0.481. The van der Waals surface area contributed by atoms with Crippen LogP contribution in [0.25, 0.3) is 0 Å². The van der Waals surface area contributed by atoms with Gasteiger partial charge in [-0.15, -0.1) is 5.10 Å². The third-order valence-corrected chi connectivity index (χ3v) is 2.27. The Balaban J connectivity index is 2.56. The van der Waals surface area contributed by atoms with Crippen molar-refractivity contribution in [3.63, 3.8) is 0 Å². The number of hydrogen-bond acceptors (Lipinski definition) is 2. The molecule has 4 nitrogen and oxygen atoms in total. The molecule has 0 amide bonds. The van der Waals surface area contributed by atoms with E-state index in [1.807, 2.05) is 0 Å². The summed E-state index contributed by atoms with van der Waals surface area (Å²) in [6, 6.07) is 0.558. The molecule has 1 aliphatic rings. The minimum absolute atomic E-state index is 0.481. The molecule has 0 aromatic rings. The third kappa shape index (κ3) is 1.56. The van der Waals surface area contributed by atoms with Crippen LogP contribution in [-0.4, -0.2) is 23.4 Å². The second kappa shape index (κ2) is 3.46. The first kappa shape index (κ1) is 8.17. The zero-order valence-corrected chi connectivity index (χ0v) is 6.95. The molecule has 4 heteroatoms. The van der Waals surface area contributed by atoms with Crippen LogP contribution in [0.15, 0.2) is 5.10 Å². The Hall–Kier alpha value is -0.930. The van der Waals surface area contributed by atoms with Crippen molar-refractivity contribution in [1.82, 2.24) is 4.90 Å². The number of rotatable bonds is 1. The number of nitrogens with zero attached hydrogens (tertiary/aromatic N) is 2. The number of nitrogens with two attached hydrogens (primary N) is 2. The summed E-state index contributed by atoms with van der Waals surface area (Å²) in [6.45, 7) is 3.16. The summed E-state index contributed by atoms with van der Waals surface area (Å²) in [5.41, 5.74) is 5.60. The molecule has 1 fully saturated rings. The molecule has 1 unspecified atom stereocenters. The van der Waals surface area contributed by atoms with Gasteiger partial charge in [0, 0.05) is 12.6 Å². The average molecular weight is 156 g/mol. The molecule has 1 rings (SSSR count). The molecule has 4 N–H and O–H groups in total. The van der Waals surface area contributed by atoms with Crippen molar-refractivity contribution < 1.29 is 0 Å². The van der Waals surface area contributed by atoms with Crippen molar-refractivity contribution in [1.29, 1.82) is 0 Å². The molecule has 0 aromatic heterocycles. The minimum Gasteiger partial charge on any atom is -0.368 e. The van der Waals surface area contributed by atoms with Crippen LogP contribution in [0.4, 0.5) is 0 Å². The number of guanidine groups is 1. The van der Waals surface area contributed by atoms with E-state index in [4.69, 9.17) is 11.6 Å². The standard InChI is InChI=1S/C7H16N4/c1-2-6-4-3-5-11(6)7(8)10-9/h6H,2-5,9H2,1H3,(H2,8,10). The Morgan fingerprint density at radius 3 is 3.00 bits per heavy atom. The lowest BCUT2D eigenvalue weighted by Gasteiger charge is -2.23. The molecule has 0 spiro atoms. The maximum absolute atomic E-state index is 5.60. The molecule has 0 bridgehead atoms. The van der Waals surface area contributed by atoms with E-state index in [0.717, 1.165) is 13.0 Å². The van der Waals surface area contributed by atoms with Crippen molar-refractivity contribution in [2.45, 2.75) is 32.2 Å². The monoisotopic (exact) mass is 156 g/mol. The second-order valence-corrected chi connectivity index (χ2v) is 2.88.